The number of hydrogen-bond acceptors (Lipinski definition) is 8. The first kappa shape index (κ1) is 19.4. The van der Waals surface area contributed by atoms with Gasteiger partial charge >= 0.3 is 0 Å². The predicted octanol–water partition coefficient (Wildman–Crippen LogP) is 5.11. The number of nitrogens with one attached hydrogen (secondary N) is 1. The Bertz CT molecular complexity index is 1160. The smallest absolute Gasteiger partial charge is 0.277 e. The molecule has 0 fully saturated rings. The zero-order chi connectivity index (χ0) is 20.4. The predicted molar refractivity (Wildman–Crippen MR) is 113 cm³/mol. The Morgan fingerprint density at radius 1 is 1.17 bits per heavy atom. The van der Waals surface area contributed by atoms with Crippen molar-refractivity contribution < 1.29 is 13.6 Å². The van der Waals surface area contributed by atoms with Gasteiger partial charge in [-0.1, -0.05) is 23.9 Å². The van der Waals surface area contributed by atoms with Crippen molar-refractivity contribution in [3.05, 3.63) is 52.8 Å². The zero-order valence-corrected chi connectivity index (χ0v) is 17.7. The van der Waals surface area contributed by atoms with Crippen molar-refractivity contribution in [2.24, 2.45) is 0 Å². The van der Waals surface area contributed by atoms with Gasteiger partial charge in [0.05, 0.1) is 23.3 Å². The molecule has 0 aliphatic rings. The van der Waals surface area contributed by atoms with E-state index in [-0.39, 0.29) is 11.7 Å². The first-order valence-electron chi connectivity index (χ1n) is 8.83. The van der Waals surface area contributed by atoms with Gasteiger partial charge in [-0.3, -0.25) is 4.79 Å². The van der Waals surface area contributed by atoms with Gasteiger partial charge in [0.25, 0.3) is 11.1 Å². The molecule has 0 unspecified atom stereocenters. The number of nitrogens with zero attached hydrogens (tertiary/aromatic N) is 3. The van der Waals surface area contributed by atoms with Crippen LogP contribution in [0.5, 0.6) is 0 Å². The van der Waals surface area contributed by atoms with Gasteiger partial charge in [0.2, 0.25) is 5.91 Å². The van der Waals surface area contributed by atoms with E-state index < -0.39 is 0 Å². The molecule has 0 saturated heterocycles. The summed E-state index contributed by atoms with van der Waals surface area (Å²) in [5, 5.41) is 13.6. The standard InChI is InChI=1S/C20H18N4O3S2/c1-11-4-5-14(8-12(11)2)16-9-28-19(21-16)22-17(25)10-29-20-24-23-18(27-20)15-6-7-26-13(15)3/h4-9H,10H2,1-3H3,(H,21,22,25). The summed E-state index contributed by atoms with van der Waals surface area (Å²) in [5.74, 6) is 1.03. The van der Waals surface area contributed by atoms with Gasteiger partial charge in [-0.05, 0) is 44.0 Å². The van der Waals surface area contributed by atoms with E-state index in [1.165, 1.54) is 34.2 Å². The highest BCUT2D eigenvalue weighted by molar-refractivity contribution is 7.99. The molecule has 0 bridgehead atoms. The van der Waals surface area contributed by atoms with Crippen LogP contribution in [-0.4, -0.2) is 26.8 Å². The second-order valence-corrected chi connectivity index (χ2v) is 8.22. The number of furan rings is 1. The quantitative estimate of drug-likeness (QED) is 0.428. The lowest BCUT2D eigenvalue weighted by atomic mass is 10.1. The van der Waals surface area contributed by atoms with Crippen LogP contribution in [0.3, 0.4) is 0 Å². The van der Waals surface area contributed by atoms with Gasteiger partial charge in [-0.25, -0.2) is 4.98 Å². The van der Waals surface area contributed by atoms with Crippen molar-refractivity contribution in [2.45, 2.75) is 26.0 Å². The lowest BCUT2D eigenvalue weighted by Crippen LogP contribution is -2.13. The molecule has 0 saturated carbocycles. The third kappa shape index (κ3) is 4.41. The van der Waals surface area contributed by atoms with E-state index in [9.17, 15) is 4.79 Å². The molecule has 4 rings (SSSR count). The molecule has 3 heterocycles. The lowest BCUT2D eigenvalue weighted by molar-refractivity contribution is -0.113. The number of thiazole rings is 1. The summed E-state index contributed by atoms with van der Waals surface area (Å²) < 4.78 is 10.8. The summed E-state index contributed by atoms with van der Waals surface area (Å²) in [6.07, 6.45) is 1.56. The lowest BCUT2D eigenvalue weighted by Gasteiger charge is -2.02. The van der Waals surface area contributed by atoms with Crippen LogP contribution in [0.1, 0.15) is 16.9 Å². The molecule has 0 spiro atoms. The number of rotatable bonds is 6. The fourth-order valence-electron chi connectivity index (χ4n) is 2.63. The number of carbonyl (C=O) groups excluding carboxylic acids is 1. The SMILES string of the molecule is Cc1ccc(-c2csc(NC(=O)CSc3nnc(-c4ccoc4C)o3)n2)cc1C. The summed E-state index contributed by atoms with van der Waals surface area (Å²) >= 11 is 2.57. The van der Waals surface area contributed by atoms with Crippen LogP contribution in [-0.2, 0) is 4.79 Å². The fourth-order valence-corrected chi connectivity index (χ4v) is 3.93. The number of benzene rings is 1. The Kier molecular flexibility index (Phi) is 5.50. The summed E-state index contributed by atoms with van der Waals surface area (Å²) in [7, 11) is 0. The molecular weight excluding hydrogens is 408 g/mol. The van der Waals surface area contributed by atoms with Crippen molar-refractivity contribution in [3.8, 4) is 22.7 Å². The van der Waals surface area contributed by atoms with Crippen LogP contribution in [0, 0.1) is 20.8 Å². The van der Waals surface area contributed by atoms with E-state index >= 15 is 0 Å². The Morgan fingerprint density at radius 3 is 2.79 bits per heavy atom. The van der Waals surface area contributed by atoms with Gasteiger partial charge in [-0.15, -0.1) is 21.5 Å². The van der Waals surface area contributed by atoms with Gasteiger partial charge < -0.3 is 14.2 Å². The molecule has 7 nitrogen and oxygen atoms in total. The highest BCUT2D eigenvalue weighted by Gasteiger charge is 2.15. The Hall–Kier alpha value is -2.91. The number of aromatic nitrogens is 3. The molecule has 1 amide bonds. The van der Waals surface area contributed by atoms with Crippen molar-refractivity contribution >= 4 is 34.1 Å². The Morgan fingerprint density at radius 2 is 2.03 bits per heavy atom. The Labute approximate surface area is 175 Å². The van der Waals surface area contributed by atoms with E-state index in [0.29, 0.717) is 22.0 Å². The maximum absolute atomic E-state index is 12.2. The van der Waals surface area contributed by atoms with E-state index in [1.807, 2.05) is 18.4 Å². The molecule has 148 valence electrons. The van der Waals surface area contributed by atoms with Crippen LogP contribution in [0.4, 0.5) is 5.13 Å². The number of thioether (sulfide) groups is 1. The highest BCUT2D eigenvalue weighted by Crippen LogP contribution is 2.28. The molecule has 3 aromatic heterocycles. The minimum atomic E-state index is -0.185. The zero-order valence-electron chi connectivity index (χ0n) is 16.1. The minimum absolute atomic E-state index is 0.143. The first-order valence-corrected chi connectivity index (χ1v) is 10.7. The van der Waals surface area contributed by atoms with Crippen LogP contribution >= 0.6 is 23.1 Å². The van der Waals surface area contributed by atoms with Crippen LogP contribution < -0.4 is 5.32 Å². The summed E-state index contributed by atoms with van der Waals surface area (Å²) in [6, 6.07) is 7.97. The summed E-state index contributed by atoms with van der Waals surface area (Å²) in [5.41, 5.74) is 5.07. The second-order valence-electron chi connectivity index (χ2n) is 6.44. The molecule has 9 heteroatoms. The van der Waals surface area contributed by atoms with Gasteiger partial charge in [0, 0.05) is 10.9 Å². The average Bonchev–Trinajstić information content (AvgIpc) is 3.43. The molecular formula is C20H18N4O3S2. The van der Waals surface area contributed by atoms with Crippen molar-refractivity contribution in [1.82, 2.24) is 15.2 Å². The largest absolute Gasteiger partial charge is 0.469 e. The number of hydrogen-bond donors (Lipinski definition) is 1. The third-order valence-electron chi connectivity index (χ3n) is 4.38. The number of anilines is 1. The number of amides is 1. The highest BCUT2D eigenvalue weighted by atomic mass is 32.2. The fraction of sp³-hybridized carbons (Fsp3) is 0.200. The molecule has 1 aromatic carbocycles. The summed E-state index contributed by atoms with van der Waals surface area (Å²) in [6.45, 7) is 5.97. The van der Waals surface area contributed by atoms with E-state index in [0.717, 1.165) is 16.8 Å². The minimum Gasteiger partial charge on any atom is -0.469 e. The van der Waals surface area contributed by atoms with Crippen LogP contribution in [0.15, 0.2) is 50.0 Å². The molecule has 0 aliphatic heterocycles. The first-order chi connectivity index (χ1) is 14.0. The maximum Gasteiger partial charge on any atom is 0.277 e. The van der Waals surface area contributed by atoms with Gasteiger partial charge in [0.1, 0.15) is 5.76 Å². The van der Waals surface area contributed by atoms with E-state index in [4.69, 9.17) is 8.83 Å². The second kappa shape index (κ2) is 8.22. The average molecular weight is 427 g/mol. The Balaban J connectivity index is 1.35. The normalized spacial score (nSPS) is 11.0. The van der Waals surface area contributed by atoms with Gasteiger partial charge in [0.15, 0.2) is 5.13 Å². The van der Waals surface area contributed by atoms with Crippen molar-refractivity contribution in [3.63, 3.8) is 0 Å². The third-order valence-corrected chi connectivity index (χ3v) is 5.95. The van der Waals surface area contributed by atoms with E-state index in [2.05, 4.69) is 46.5 Å². The van der Waals surface area contributed by atoms with Crippen LogP contribution in [0.25, 0.3) is 22.7 Å². The van der Waals surface area contributed by atoms with Crippen molar-refractivity contribution in [2.75, 3.05) is 11.1 Å². The monoisotopic (exact) mass is 426 g/mol. The van der Waals surface area contributed by atoms with Gasteiger partial charge in [-0.2, -0.15) is 0 Å². The number of carbonyl (C=O) groups is 1. The molecule has 0 aliphatic carbocycles. The van der Waals surface area contributed by atoms with E-state index in [1.54, 1.807) is 12.3 Å². The molecule has 4 aromatic rings. The number of aryl methyl sites for hydroxylation is 3. The maximum atomic E-state index is 12.2. The molecule has 0 atom stereocenters. The van der Waals surface area contributed by atoms with Crippen molar-refractivity contribution in [1.29, 1.82) is 0 Å². The molecule has 29 heavy (non-hydrogen) atoms. The molecule has 1 N–H and O–H groups in total. The molecule has 0 radical (unpaired) electrons. The van der Waals surface area contributed by atoms with Crippen LogP contribution in [0.2, 0.25) is 0 Å². The topological polar surface area (TPSA) is 94.1 Å². The summed E-state index contributed by atoms with van der Waals surface area (Å²) in [4.78, 5) is 16.8.